The van der Waals surface area contributed by atoms with E-state index < -0.39 is 28.5 Å². The maximum atomic E-state index is 14.2. The summed E-state index contributed by atoms with van der Waals surface area (Å²) in [4.78, 5) is 29.1. The summed E-state index contributed by atoms with van der Waals surface area (Å²) >= 11 is 0. The van der Waals surface area contributed by atoms with Gasteiger partial charge in [0.25, 0.3) is 10.0 Å². The molecule has 0 saturated heterocycles. The standard InChI is InChI=1S/C32H41N3O5S/c1-6-8-20-33-32(37)29(7-2)34(22-26-16-18-27(40-5)19-17-26)31(36)23-35(30-21-24(3)14-15-25(30)4)41(38,39)28-12-10-9-11-13-28/h9-19,21,29H,6-8,20,22-23H2,1-5H3,(H,33,37). The highest BCUT2D eigenvalue weighted by molar-refractivity contribution is 7.92. The molecule has 0 fully saturated rings. The van der Waals surface area contributed by atoms with Crippen LogP contribution < -0.4 is 14.4 Å². The highest BCUT2D eigenvalue weighted by atomic mass is 32.2. The number of carbonyl (C=O) groups is 2. The monoisotopic (exact) mass is 579 g/mol. The first-order valence-electron chi connectivity index (χ1n) is 14.0. The van der Waals surface area contributed by atoms with Crippen molar-refractivity contribution in [3.8, 4) is 5.75 Å². The lowest BCUT2D eigenvalue weighted by atomic mass is 10.1. The number of benzene rings is 3. The zero-order chi connectivity index (χ0) is 30.0. The van der Waals surface area contributed by atoms with Crippen LogP contribution in [0.25, 0.3) is 0 Å². The first-order valence-corrected chi connectivity index (χ1v) is 15.4. The maximum absolute atomic E-state index is 14.2. The van der Waals surface area contributed by atoms with Crippen LogP contribution in [0.5, 0.6) is 5.75 Å². The summed E-state index contributed by atoms with van der Waals surface area (Å²) in [6.45, 7) is 7.76. The summed E-state index contributed by atoms with van der Waals surface area (Å²) in [7, 11) is -2.53. The van der Waals surface area contributed by atoms with E-state index in [2.05, 4.69) is 5.32 Å². The lowest BCUT2D eigenvalue weighted by Gasteiger charge is -2.33. The third-order valence-electron chi connectivity index (χ3n) is 6.97. The van der Waals surface area contributed by atoms with Crippen molar-refractivity contribution in [2.75, 3.05) is 24.5 Å². The smallest absolute Gasteiger partial charge is 0.264 e. The van der Waals surface area contributed by atoms with Crippen molar-refractivity contribution >= 4 is 27.5 Å². The van der Waals surface area contributed by atoms with E-state index in [0.717, 1.165) is 28.3 Å². The van der Waals surface area contributed by atoms with E-state index >= 15 is 0 Å². The van der Waals surface area contributed by atoms with Crippen LogP contribution in [-0.4, -0.2) is 51.4 Å². The van der Waals surface area contributed by atoms with Crippen molar-refractivity contribution in [3.63, 3.8) is 0 Å². The number of nitrogens with zero attached hydrogens (tertiary/aromatic N) is 2. The van der Waals surface area contributed by atoms with Crippen LogP contribution in [0.4, 0.5) is 5.69 Å². The Morgan fingerprint density at radius 1 is 0.951 bits per heavy atom. The van der Waals surface area contributed by atoms with Crippen molar-refractivity contribution in [3.05, 3.63) is 89.5 Å². The molecule has 1 N–H and O–H groups in total. The molecule has 0 spiro atoms. The summed E-state index contributed by atoms with van der Waals surface area (Å²) in [5, 5.41) is 2.95. The van der Waals surface area contributed by atoms with Gasteiger partial charge in [-0.2, -0.15) is 0 Å². The van der Waals surface area contributed by atoms with Crippen molar-refractivity contribution in [2.24, 2.45) is 0 Å². The molecule has 41 heavy (non-hydrogen) atoms. The van der Waals surface area contributed by atoms with Gasteiger partial charge in [-0.25, -0.2) is 8.42 Å². The van der Waals surface area contributed by atoms with Crippen molar-refractivity contribution < 1.29 is 22.7 Å². The van der Waals surface area contributed by atoms with Crippen LogP contribution in [0.2, 0.25) is 0 Å². The second-order valence-electron chi connectivity index (χ2n) is 10.1. The predicted molar refractivity (Wildman–Crippen MR) is 162 cm³/mol. The summed E-state index contributed by atoms with van der Waals surface area (Å²) in [6, 6.07) is 20.1. The van der Waals surface area contributed by atoms with Gasteiger partial charge in [-0.1, -0.05) is 62.7 Å². The number of rotatable bonds is 14. The van der Waals surface area contributed by atoms with Gasteiger partial charge in [0.15, 0.2) is 0 Å². The number of ether oxygens (including phenoxy) is 1. The first-order chi connectivity index (χ1) is 19.6. The fourth-order valence-electron chi connectivity index (χ4n) is 4.57. The zero-order valence-corrected chi connectivity index (χ0v) is 25.4. The molecule has 220 valence electrons. The van der Waals surface area contributed by atoms with Gasteiger partial charge in [-0.15, -0.1) is 0 Å². The predicted octanol–water partition coefficient (Wildman–Crippen LogP) is 5.23. The van der Waals surface area contributed by atoms with Crippen molar-refractivity contribution in [2.45, 2.75) is 64.4 Å². The Bertz CT molecular complexity index is 1410. The fourth-order valence-corrected chi connectivity index (χ4v) is 6.07. The minimum absolute atomic E-state index is 0.0831. The minimum Gasteiger partial charge on any atom is -0.497 e. The number of amides is 2. The average molecular weight is 580 g/mol. The Kier molecular flexibility index (Phi) is 11.3. The maximum Gasteiger partial charge on any atom is 0.264 e. The van der Waals surface area contributed by atoms with E-state index in [0.29, 0.717) is 30.0 Å². The molecule has 8 nitrogen and oxygen atoms in total. The molecule has 1 unspecified atom stereocenters. The van der Waals surface area contributed by atoms with E-state index in [1.807, 2.05) is 52.0 Å². The van der Waals surface area contributed by atoms with E-state index in [-0.39, 0.29) is 17.3 Å². The normalized spacial score (nSPS) is 11.9. The zero-order valence-electron chi connectivity index (χ0n) is 24.6. The molecule has 1 atom stereocenters. The number of unbranched alkanes of at least 4 members (excludes halogenated alkanes) is 1. The number of sulfonamides is 1. The third-order valence-corrected chi connectivity index (χ3v) is 8.74. The van der Waals surface area contributed by atoms with E-state index in [9.17, 15) is 18.0 Å². The van der Waals surface area contributed by atoms with Crippen LogP contribution in [0.1, 0.15) is 49.8 Å². The summed E-state index contributed by atoms with van der Waals surface area (Å²) in [5.41, 5.74) is 2.80. The highest BCUT2D eigenvalue weighted by Gasteiger charge is 2.34. The van der Waals surface area contributed by atoms with Gasteiger partial charge >= 0.3 is 0 Å². The Hall–Kier alpha value is -3.85. The second kappa shape index (κ2) is 14.7. The van der Waals surface area contributed by atoms with Gasteiger partial charge in [0.05, 0.1) is 17.7 Å². The highest BCUT2D eigenvalue weighted by Crippen LogP contribution is 2.28. The number of aryl methyl sites for hydroxylation is 2. The topological polar surface area (TPSA) is 96.0 Å². The average Bonchev–Trinajstić information content (AvgIpc) is 2.98. The lowest BCUT2D eigenvalue weighted by molar-refractivity contribution is -0.140. The summed E-state index contributed by atoms with van der Waals surface area (Å²) < 4.78 is 34.4. The van der Waals surface area contributed by atoms with Crippen LogP contribution in [0.3, 0.4) is 0 Å². The molecule has 0 aromatic heterocycles. The van der Waals surface area contributed by atoms with E-state index in [1.165, 1.54) is 17.0 Å². The van der Waals surface area contributed by atoms with E-state index in [4.69, 9.17) is 4.74 Å². The Morgan fingerprint density at radius 2 is 1.63 bits per heavy atom. The number of hydrogen-bond donors (Lipinski definition) is 1. The molecule has 3 aromatic carbocycles. The Labute approximate surface area is 244 Å². The molecule has 3 rings (SSSR count). The SMILES string of the molecule is CCCCNC(=O)C(CC)N(Cc1ccc(OC)cc1)C(=O)CN(c1cc(C)ccc1C)S(=O)(=O)c1ccccc1. The van der Waals surface area contributed by atoms with Gasteiger partial charge in [0.2, 0.25) is 11.8 Å². The van der Waals surface area contributed by atoms with Crippen LogP contribution >= 0.6 is 0 Å². The second-order valence-corrected chi connectivity index (χ2v) is 11.9. The number of anilines is 1. The molecule has 9 heteroatoms. The third kappa shape index (κ3) is 8.10. The number of hydrogen-bond acceptors (Lipinski definition) is 5. The molecule has 0 aliphatic heterocycles. The number of nitrogens with one attached hydrogen (secondary N) is 1. The van der Waals surface area contributed by atoms with Crippen LogP contribution in [0.15, 0.2) is 77.7 Å². The van der Waals surface area contributed by atoms with Crippen molar-refractivity contribution in [1.29, 1.82) is 0 Å². The van der Waals surface area contributed by atoms with Gasteiger partial charge in [-0.05, 0) is 73.7 Å². The first kappa shape index (κ1) is 31.7. The molecule has 0 radical (unpaired) electrons. The van der Waals surface area contributed by atoms with E-state index in [1.54, 1.807) is 43.5 Å². The minimum atomic E-state index is -4.11. The summed E-state index contributed by atoms with van der Waals surface area (Å²) in [6.07, 6.45) is 2.12. The molecule has 0 aliphatic rings. The molecule has 2 amide bonds. The molecule has 0 saturated carbocycles. The molecular weight excluding hydrogens is 538 g/mol. The lowest BCUT2D eigenvalue weighted by Crippen LogP contribution is -2.52. The molecule has 3 aromatic rings. The molecule has 0 aliphatic carbocycles. The Morgan fingerprint density at radius 3 is 2.24 bits per heavy atom. The Balaban J connectivity index is 2.06. The number of carbonyl (C=O) groups excluding carboxylic acids is 2. The van der Waals surface area contributed by atoms with Gasteiger partial charge in [-0.3, -0.25) is 13.9 Å². The molecular formula is C32H41N3O5S. The number of methoxy groups -OCH3 is 1. The van der Waals surface area contributed by atoms with Gasteiger partial charge in [0, 0.05) is 13.1 Å². The summed E-state index contributed by atoms with van der Waals surface area (Å²) in [5.74, 6) is -0.0586. The van der Waals surface area contributed by atoms with Gasteiger partial charge in [0.1, 0.15) is 18.3 Å². The van der Waals surface area contributed by atoms with Crippen LogP contribution in [0, 0.1) is 13.8 Å². The largest absolute Gasteiger partial charge is 0.497 e. The van der Waals surface area contributed by atoms with Crippen LogP contribution in [-0.2, 0) is 26.2 Å². The van der Waals surface area contributed by atoms with Gasteiger partial charge < -0.3 is 15.0 Å². The van der Waals surface area contributed by atoms with Crippen molar-refractivity contribution in [1.82, 2.24) is 10.2 Å². The molecule has 0 heterocycles. The fraction of sp³-hybridized carbons (Fsp3) is 0.375. The quantitative estimate of drug-likeness (QED) is 0.264. The molecule has 0 bridgehead atoms.